The molecule has 0 amide bonds. The molecule has 0 bridgehead atoms. The molecular formula is C13H18IN3S. The van der Waals surface area contributed by atoms with E-state index in [1.54, 1.807) is 11.3 Å². The Morgan fingerprint density at radius 2 is 2.33 bits per heavy atom. The second-order valence-corrected chi connectivity index (χ2v) is 7.34. The van der Waals surface area contributed by atoms with Crippen molar-refractivity contribution in [2.45, 2.75) is 38.8 Å². The molecule has 0 aliphatic rings. The number of halogens is 1. The van der Waals surface area contributed by atoms with Crippen molar-refractivity contribution in [3.63, 3.8) is 0 Å². The van der Waals surface area contributed by atoms with Gasteiger partial charge in [-0.2, -0.15) is 5.10 Å². The minimum atomic E-state index is 0.0463. The van der Waals surface area contributed by atoms with E-state index in [2.05, 4.69) is 59.0 Å². The van der Waals surface area contributed by atoms with Gasteiger partial charge in [0.05, 0.1) is 8.58 Å². The predicted octanol–water partition coefficient (Wildman–Crippen LogP) is 3.76. The first kappa shape index (κ1) is 14.0. The van der Waals surface area contributed by atoms with Crippen LogP contribution in [0.25, 0.3) is 0 Å². The Morgan fingerprint density at radius 1 is 1.56 bits per heavy atom. The van der Waals surface area contributed by atoms with Crippen LogP contribution >= 0.6 is 33.9 Å². The fraction of sp³-hybridized carbons (Fsp3) is 0.462. The van der Waals surface area contributed by atoms with Crippen LogP contribution in [0.3, 0.4) is 0 Å². The van der Waals surface area contributed by atoms with Gasteiger partial charge in [0.25, 0.3) is 0 Å². The van der Waals surface area contributed by atoms with Gasteiger partial charge in [-0.3, -0.25) is 4.68 Å². The molecule has 0 aromatic carbocycles. The molecule has 0 saturated heterocycles. The van der Waals surface area contributed by atoms with E-state index in [0.717, 1.165) is 18.5 Å². The average Bonchev–Trinajstić information content (AvgIpc) is 2.97. The summed E-state index contributed by atoms with van der Waals surface area (Å²) in [6.45, 7) is 4.35. The Kier molecular flexibility index (Phi) is 4.80. The van der Waals surface area contributed by atoms with Gasteiger partial charge in [-0.25, -0.2) is 0 Å². The van der Waals surface area contributed by atoms with Crippen LogP contribution in [0.1, 0.15) is 43.6 Å². The van der Waals surface area contributed by atoms with Crippen LogP contribution in [0.4, 0.5) is 0 Å². The number of nitrogens with two attached hydrogens (primary N) is 1. The third-order valence-electron chi connectivity index (χ3n) is 3.15. The first-order chi connectivity index (χ1) is 8.60. The van der Waals surface area contributed by atoms with Crippen LogP contribution in [-0.2, 0) is 6.42 Å². The predicted molar refractivity (Wildman–Crippen MR) is 84.9 cm³/mol. The van der Waals surface area contributed by atoms with Crippen LogP contribution in [0.15, 0.2) is 23.7 Å². The van der Waals surface area contributed by atoms with Crippen LogP contribution in [0.2, 0.25) is 0 Å². The Hall–Kier alpha value is -0.400. The Balaban J connectivity index is 2.03. The summed E-state index contributed by atoms with van der Waals surface area (Å²) < 4.78 is 3.31. The molecule has 2 aromatic heterocycles. The summed E-state index contributed by atoms with van der Waals surface area (Å²) in [7, 11) is 0. The Bertz CT molecular complexity index is 506. The Morgan fingerprint density at radius 3 is 2.94 bits per heavy atom. The molecule has 2 unspecified atom stereocenters. The molecule has 18 heavy (non-hydrogen) atoms. The summed E-state index contributed by atoms with van der Waals surface area (Å²) in [5, 5.41) is 6.73. The van der Waals surface area contributed by atoms with E-state index in [9.17, 15) is 0 Å². The molecule has 5 heteroatoms. The van der Waals surface area contributed by atoms with Gasteiger partial charge in [0.1, 0.15) is 0 Å². The fourth-order valence-corrected chi connectivity index (χ4v) is 3.22. The largest absolute Gasteiger partial charge is 0.324 e. The van der Waals surface area contributed by atoms with E-state index < -0.39 is 0 Å². The topological polar surface area (TPSA) is 43.8 Å². The normalized spacial score (nSPS) is 14.7. The number of thiophene rings is 1. The van der Waals surface area contributed by atoms with E-state index in [1.165, 1.54) is 8.45 Å². The summed E-state index contributed by atoms with van der Waals surface area (Å²) in [6.07, 6.45) is 3.94. The van der Waals surface area contributed by atoms with Crippen LogP contribution in [0, 0.1) is 2.88 Å². The lowest BCUT2D eigenvalue weighted by Gasteiger charge is -2.09. The lowest BCUT2D eigenvalue weighted by molar-refractivity contribution is 0.472. The van der Waals surface area contributed by atoms with E-state index in [0.29, 0.717) is 6.04 Å². The van der Waals surface area contributed by atoms with Crippen molar-refractivity contribution in [1.82, 2.24) is 9.78 Å². The van der Waals surface area contributed by atoms with Crippen molar-refractivity contribution < 1.29 is 0 Å². The summed E-state index contributed by atoms with van der Waals surface area (Å²) in [5.41, 5.74) is 8.50. The van der Waals surface area contributed by atoms with Gasteiger partial charge in [-0.15, -0.1) is 11.3 Å². The van der Waals surface area contributed by atoms with Crippen molar-refractivity contribution >= 4 is 33.9 Å². The zero-order valence-corrected chi connectivity index (χ0v) is 13.6. The molecule has 98 valence electrons. The third-order valence-corrected chi connectivity index (χ3v) is 4.96. The van der Waals surface area contributed by atoms with Gasteiger partial charge in [0.2, 0.25) is 0 Å². The molecule has 0 aliphatic carbocycles. The smallest absolute Gasteiger partial charge is 0.0656 e. The average molecular weight is 375 g/mol. The molecule has 2 heterocycles. The second kappa shape index (κ2) is 6.16. The lowest BCUT2D eigenvalue weighted by Crippen LogP contribution is -2.13. The maximum absolute atomic E-state index is 6.21. The molecule has 0 fully saturated rings. The van der Waals surface area contributed by atoms with Gasteiger partial charge in [-0.1, -0.05) is 6.92 Å². The summed E-state index contributed by atoms with van der Waals surface area (Å²) in [5.74, 6) is 0. The SMILES string of the molecule is CCC(C)n1ccc(CC(N)c2csc(I)c2)n1. The van der Waals surface area contributed by atoms with Gasteiger partial charge in [-0.05, 0) is 59.0 Å². The standard InChI is InChI=1S/C13H18IN3S/c1-3-9(2)17-5-4-11(16-17)7-12(15)10-6-13(14)18-8-10/h4-6,8-9,12H,3,7,15H2,1-2H3. The Labute approximate surface area is 126 Å². The minimum Gasteiger partial charge on any atom is -0.324 e. The van der Waals surface area contributed by atoms with E-state index >= 15 is 0 Å². The molecule has 2 aromatic rings. The molecular weight excluding hydrogens is 357 g/mol. The zero-order chi connectivity index (χ0) is 13.1. The highest BCUT2D eigenvalue weighted by Crippen LogP contribution is 2.23. The fourth-order valence-electron chi connectivity index (χ4n) is 1.78. The first-order valence-corrected chi connectivity index (χ1v) is 8.09. The lowest BCUT2D eigenvalue weighted by atomic mass is 10.1. The molecule has 2 rings (SSSR count). The van der Waals surface area contributed by atoms with E-state index in [1.807, 2.05) is 10.9 Å². The number of aromatic nitrogens is 2. The van der Waals surface area contributed by atoms with Gasteiger partial charge < -0.3 is 5.73 Å². The summed E-state index contributed by atoms with van der Waals surface area (Å²) in [4.78, 5) is 0. The molecule has 0 spiro atoms. The number of hydrogen-bond donors (Lipinski definition) is 1. The molecule has 2 N–H and O–H groups in total. The highest BCUT2D eigenvalue weighted by Gasteiger charge is 2.12. The van der Waals surface area contributed by atoms with Gasteiger partial charge in [0, 0.05) is 24.7 Å². The van der Waals surface area contributed by atoms with Gasteiger partial charge in [0.15, 0.2) is 0 Å². The molecule has 2 atom stereocenters. The third kappa shape index (κ3) is 3.33. The van der Waals surface area contributed by atoms with Crippen LogP contribution in [-0.4, -0.2) is 9.78 Å². The van der Waals surface area contributed by atoms with Crippen LogP contribution in [0.5, 0.6) is 0 Å². The summed E-state index contributed by atoms with van der Waals surface area (Å²) >= 11 is 4.06. The first-order valence-electron chi connectivity index (χ1n) is 6.13. The summed E-state index contributed by atoms with van der Waals surface area (Å²) in [6, 6.07) is 4.73. The molecule has 0 saturated carbocycles. The van der Waals surface area contributed by atoms with Gasteiger partial charge >= 0.3 is 0 Å². The van der Waals surface area contributed by atoms with Crippen LogP contribution < -0.4 is 5.73 Å². The zero-order valence-electron chi connectivity index (χ0n) is 10.6. The van der Waals surface area contributed by atoms with Crippen molar-refractivity contribution in [2.24, 2.45) is 5.73 Å². The quantitative estimate of drug-likeness (QED) is 0.809. The maximum Gasteiger partial charge on any atom is 0.0656 e. The van der Waals surface area contributed by atoms with E-state index in [-0.39, 0.29) is 6.04 Å². The highest BCUT2D eigenvalue weighted by molar-refractivity contribution is 14.1. The number of nitrogens with zero attached hydrogens (tertiary/aromatic N) is 2. The van der Waals surface area contributed by atoms with Crippen molar-refractivity contribution in [3.05, 3.63) is 37.9 Å². The minimum absolute atomic E-state index is 0.0463. The number of rotatable bonds is 5. The van der Waals surface area contributed by atoms with Crippen molar-refractivity contribution in [1.29, 1.82) is 0 Å². The van der Waals surface area contributed by atoms with Crippen molar-refractivity contribution in [3.8, 4) is 0 Å². The second-order valence-electron chi connectivity index (χ2n) is 4.54. The van der Waals surface area contributed by atoms with Crippen molar-refractivity contribution in [2.75, 3.05) is 0 Å². The molecule has 0 radical (unpaired) electrons. The molecule has 0 aliphatic heterocycles. The molecule has 3 nitrogen and oxygen atoms in total. The maximum atomic E-state index is 6.21. The van der Waals surface area contributed by atoms with E-state index in [4.69, 9.17) is 5.73 Å². The monoisotopic (exact) mass is 375 g/mol. The highest BCUT2D eigenvalue weighted by atomic mass is 127. The number of hydrogen-bond acceptors (Lipinski definition) is 3.